The van der Waals surface area contributed by atoms with Crippen LogP contribution in [0.2, 0.25) is 0 Å². The average molecular weight is 355 g/mol. The van der Waals surface area contributed by atoms with Gasteiger partial charge < -0.3 is 14.5 Å². The highest BCUT2D eigenvalue weighted by Crippen LogP contribution is 2.19. The maximum absolute atomic E-state index is 12.5. The molecule has 0 bridgehead atoms. The summed E-state index contributed by atoms with van der Waals surface area (Å²) in [5.41, 5.74) is 1.88. The van der Waals surface area contributed by atoms with Crippen LogP contribution in [0.1, 0.15) is 23.3 Å². The summed E-state index contributed by atoms with van der Waals surface area (Å²) in [5, 5.41) is 3.32. The highest BCUT2D eigenvalue weighted by molar-refractivity contribution is 5.77. The van der Waals surface area contributed by atoms with Gasteiger partial charge >= 0.3 is 0 Å². The summed E-state index contributed by atoms with van der Waals surface area (Å²) >= 11 is 0. The van der Waals surface area contributed by atoms with E-state index in [0.717, 1.165) is 16.9 Å². The first kappa shape index (κ1) is 17.7. The molecule has 1 aromatic carbocycles. The van der Waals surface area contributed by atoms with Crippen molar-refractivity contribution in [3.8, 4) is 5.75 Å². The third-order valence-electron chi connectivity index (χ3n) is 4.36. The maximum Gasteiger partial charge on any atom is 0.264 e. The van der Waals surface area contributed by atoms with Crippen molar-refractivity contribution in [3.63, 3.8) is 0 Å². The van der Waals surface area contributed by atoms with E-state index in [1.807, 2.05) is 31.2 Å². The van der Waals surface area contributed by atoms with Crippen LogP contribution in [0, 0.1) is 13.8 Å². The van der Waals surface area contributed by atoms with E-state index in [-0.39, 0.29) is 24.4 Å². The van der Waals surface area contributed by atoms with E-state index >= 15 is 0 Å². The summed E-state index contributed by atoms with van der Waals surface area (Å²) in [6.07, 6.45) is 1.61. The number of furan rings is 1. The second kappa shape index (κ2) is 7.43. The lowest BCUT2D eigenvalue weighted by Gasteiger charge is -2.08. The van der Waals surface area contributed by atoms with E-state index in [2.05, 4.69) is 10.3 Å². The number of carbonyl (C=O) groups is 1. The highest BCUT2D eigenvalue weighted by Gasteiger charge is 2.14. The number of aromatic nitrogens is 2. The molecule has 1 amide bonds. The monoisotopic (exact) mass is 355 g/mol. The molecule has 3 aromatic rings. The van der Waals surface area contributed by atoms with Crippen molar-refractivity contribution in [2.45, 2.75) is 33.4 Å². The van der Waals surface area contributed by atoms with Crippen LogP contribution in [0.25, 0.3) is 11.1 Å². The SMILES string of the molecule is COc1cccc(CNC(=O)CCn2cnc3oc(C)c(C)c3c2=O)c1. The van der Waals surface area contributed by atoms with Crippen molar-refractivity contribution in [3.05, 3.63) is 57.8 Å². The fraction of sp³-hybridized carbons (Fsp3) is 0.316. The van der Waals surface area contributed by atoms with Crippen LogP contribution < -0.4 is 15.6 Å². The molecule has 7 nitrogen and oxygen atoms in total. The number of aryl methyl sites for hydroxylation is 3. The second-order valence-corrected chi connectivity index (χ2v) is 6.08. The van der Waals surface area contributed by atoms with E-state index in [4.69, 9.17) is 9.15 Å². The predicted octanol–water partition coefficient (Wildman–Crippen LogP) is 2.32. The molecule has 0 radical (unpaired) electrons. The second-order valence-electron chi connectivity index (χ2n) is 6.08. The number of benzene rings is 1. The summed E-state index contributed by atoms with van der Waals surface area (Å²) in [7, 11) is 1.60. The van der Waals surface area contributed by atoms with Crippen molar-refractivity contribution in [2.24, 2.45) is 0 Å². The van der Waals surface area contributed by atoms with Crippen LogP contribution in [0.4, 0.5) is 0 Å². The maximum atomic E-state index is 12.5. The van der Waals surface area contributed by atoms with E-state index < -0.39 is 0 Å². The number of ether oxygens (including phenoxy) is 1. The van der Waals surface area contributed by atoms with Gasteiger partial charge in [0.2, 0.25) is 11.6 Å². The molecular formula is C19H21N3O4. The minimum absolute atomic E-state index is 0.139. The number of carbonyl (C=O) groups excluding carboxylic acids is 1. The quantitative estimate of drug-likeness (QED) is 0.733. The topological polar surface area (TPSA) is 86.4 Å². The molecule has 0 aliphatic rings. The smallest absolute Gasteiger partial charge is 0.264 e. The van der Waals surface area contributed by atoms with Crippen molar-refractivity contribution >= 4 is 17.0 Å². The van der Waals surface area contributed by atoms with Crippen molar-refractivity contribution in [1.82, 2.24) is 14.9 Å². The molecule has 3 rings (SSSR count). The molecule has 7 heteroatoms. The Balaban J connectivity index is 1.62. The molecule has 26 heavy (non-hydrogen) atoms. The minimum Gasteiger partial charge on any atom is -0.497 e. The fourth-order valence-corrected chi connectivity index (χ4v) is 2.72. The molecule has 2 heterocycles. The largest absolute Gasteiger partial charge is 0.497 e. The van der Waals surface area contributed by atoms with Crippen molar-refractivity contribution < 1.29 is 13.9 Å². The van der Waals surface area contributed by atoms with E-state index in [1.165, 1.54) is 10.9 Å². The Morgan fingerprint density at radius 3 is 2.92 bits per heavy atom. The zero-order chi connectivity index (χ0) is 18.7. The predicted molar refractivity (Wildman–Crippen MR) is 97.2 cm³/mol. The van der Waals surface area contributed by atoms with Gasteiger partial charge in [-0.25, -0.2) is 4.98 Å². The van der Waals surface area contributed by atoms with Crippen LogP contribution >= 0.6 is 0 Å². The van der Waals surface area contributed by atoms with E-state index in [1.54, 1.807) is 14.0 Å². The molecular weight excluding hydrogens is 334 g/mol. The number of methoxy groups -OCH3 is 1. The fourth-order valence-electron chi connectivity index (χ4n) is 2.72. The summed E-state index contributed by atoms with van der Waals surface area (Å²) in [6.45, 7) is 4.29. The van der Waals surface area contributed by atoms with Gasteiger partial charge in [-0.1, -0.05) is 12.1 Å². The van der Waals surface area contributed by atoms with Gasteiger partial charge in [0.1, 0.15) is 23.2 Å². The van der Waals surface area contributed by atoms with Crippen molar-refractivity contribution in [2.75, 3.05) is 7.11 Å². The first-order chi connectivity index (χ1) is 12.5. The molecule has 0 aliphatic heterocycles. The van der Waals surface area contributed by atoms with Gasteiger partial charge in [0, 0.05) is 25.1 Å². The molecule has 0 spiro atoms. The van der Waals surface area contributed by atoms with Gasteiger partial charge in [0.15, 0.2) is 0 Å². The Kier molecular flexibility index (Phi) is 5.06. The Labute approximate surface area is 150 Å². The lowest BCUT2D eigenvalue weighted by Crippen LogP contribution is -2.27. The molecule has 136 valence electrons. The first-order valence-electron chi connectivity index (χ1n) is 8.34. The Bertz CT molecular complexity index is 1000. The van der Waals surface area contributed by atoms with Crippen LogP contribution in [-0.2, 0) is 17.9 Å². The number of nitrogens with zero attached hydrogens (tertiary/aromatic N) is 2. The van der Waals surface area contributed by atoms with Gasteiger partial charge in [-0.3, -0.25) is 14.2 Å². The number of nitrogens with one attached hydrogen (secondary N) is 1. The van der Waals surface area contributed by atoms with Gasteiger partial charge in [0.25, 0.3) is 5.56 Å². The highest BCUT2D eigenvalue weighted by atomic mass is 16.5. The summed E-state index contributed by atoms with van der Waals surface area (Å²) in [4.78, 5) is 28.8. The minimum atomic E-state index is -0.190. The van der Waals surface area contributed by atoms with Crippen LogP contribution in [-0.4, -0.2) is 22.6 Å². The van der Waals surface area contributed by atoms with Gasteiger partial charge in [-0.2, -0.15) is 0 Å². The van der Waals surface area contributed by atoms with E-state index in [9.17, 15) is 9.59 Å². The third kappa shape index (κ3) is 3.61. The number of amides is 1. The molecule has 0 atom stereocenters. The zero-order valence-corrected chi connectivity index (χ0v) is 15.0. The number of hydrogen-bond donors (Lipinski definition) is 1. The number of hydrogen-bond acceptors (Lipinski definition) is 5. The molecule has 0 saturated carbocycles. The van der Waals surface area contributed by atoms with Gasteiger partial charge in [-0.15, -0.1) is 0 Å². The summed E-state index contributed by atoms with van der Waals surface area (Å²) in [6, 6.07) is 7.50. The summed E-state index contributed by atoms with van der Waals surface area (Å²) < 4.78 is 12.1. The number of fused-ring (bicyclic) bond motifs is 1. The number of rotatable bonds is 6. The normalized spacial score (nSPS) is 10.9. The standard InChI is InChI=1S/C19H21N3O4/c1-12-13(2)26-18-17(12)19(24)22(11-21-18)8-7-16(23)20-10-14-5-4-6-15(9-14)25-3/h4-6,9,11H,7-8,10H2,1-3H3,(H,20,23). The van der Waals surface area contributed by atoms with Crippen LogP contribution in [0.15, 0.2) is 39.8 Å². The Morgan fingerprint density at radius 1 is 1.35 bits per heavy atom. The Hall–Kier alpha value is -3.09. The first-order valence-corrected chi connectivity index (χ1v) is 8.34. The van der Waals surface area contributed by atoms with Crippen LogP contribution in [0.5, 0.6) is 5.75 Å². The Morgan fingerprint density at radius 2 is 2.15 bits per heavy atom. The molecule has 1 N–H and O–H groups in total. The lowest BCUT2D eigenvalue weighted by atomic mass is 10.2. The third-order valence-corrected chi connectivity index (χ3v) is 4.36. The molecule has 0 unspecified atom stereocenters. The summed E-state index contributed by atoms with van der Waals surface area (Å²) in [5.74, 6) is 1.28. The van der Waals surface area contributed by atoms with Gasteiger partial charge in [-0.05, 0) is 31.5 Å². The average Bonchev–Trinajstić information content (AvgIpc) is 2.94. The van der Waals surface area contributed by atoms with Crippen molar-refractivity contribution in [1.29, 1.82) is 0 Å². The van der Waals surface area contributed by atoms with Crippen LogP contribution in [0.3, 0.4) is 0 Å². The van der Waals surface area contributed by atoms with E-state index in [0.29, 0.717) is 23.4 Å². The zero-order valence-electron chi connectivity index (χ0n) is 15.0. The lowest BCUT2D eigenvalue weighted by molar-refractivity contribution is -0.121. The van der Waals surface area contributed by atoms with Gasteiger partial charge in [0.05, 0.1) is 7.11 Å². The molecule has 0 saturated heterocycles. The molecule has 0 fully saturated rings. The molecule has 2 aromatic heterocycles. The molecule has 0 aliphatic carbocycles.